The van der Waals surface area contributed by atoms with Crippen molar-refractivity contribution in [2.75, 3.05) is 61.0 Å². The average molecular weight is 678 g/mol. The van der Waals surface area contributed by atoms with Crippen LogP contribution in [0.4, 0.5) is 15.8 Å². The van der Waals surface area contributed by atoms with E-state index in [1.165, 1.54) is 49.6 Å². The largest absolute Gasteiger partial charge is 0.466 e. The fraction of sp³-hybridized carbons (Fsp3) is 0.548. The second-order valence-corrected chi connectivity index (χ2v) is 14.3. The number of hydrogen-bond acceptors (Lipinski definition) is 10. The van der Waals surface area contributed by atoms with Crippen molar-refractivity contribution in [3.05, 3.63) is 39.4 Å². The number of nitrogens with one attached hydrogen (secondary N) is 1. The lowest BCUT2D eigenvalue weighted by atomic mass is 9.94. The Morgan fingerprint density at radius 3 is 2.43 bits per heavy atom. The Hall–Kier alpha value is -2.44. The highest BCUT2D eigenvalue weighted by molar-refractivity contribution is 7.21. The predicted molar refractivity (Wildman–Crippen MR) is 180 cm³/mol. The molecule has 0 spiro atoms. The van der Waals surface area contributed by atoms with Gasteiger partial charge in [0.05, 0.1) is 33.7 Å². The monoisotopic (exact) mass is 676 g/mol. The number of piperidine rings is 1. The van der Waals surface area contributed by atoms with E-state index in [0.717, 1.165) is 41.8 Å². The molecule has 0 radical (unpaired) electrons. The summed E-state index contributed by atoms with van der Waals surface area (Å²) in [4.78, 5) is 43.0. The molecule has 44 heavy (non-hydrogen) atoms. The maximum atomic E-state index is 13.5. The number of aromatic nitrogens is 2. The quantitative estimate of drug-likeness (QED) is 0.200. The van der Waals surface area contributed by atoms with Crippen molar-refractivity contribution >= 4 is 73.6 Å². The van der Waals surface area contributed by atoms with Crippen molar-refractivity contribution in [3.8, 4) is 10.6 Å². The predicted octanol–water partition coefficient (Wildman–Crippen LogP) is 7.06. The summed E-state index contributed by atoms with van der Waals surface area (Å²) < 4.78 is 5.20. The van der Waals surface area contributed by atoms with E-state index in [-0.39, 0.29) is 17.8 Å². The first-order valence-corrected chi connectivity index (χ1v) is 18.0. The number of halogens is 2. The molecular formula is C31H38Cl2N6O3S2. The molecular weight excluding hydrogens is 639 g/mol. The van der Waals surface area contributed by atoms with Crippen LogP contribution in [0, 0.1) is 5.92 Å². The first kappa shape index (κ1) is 31.5. The van der Waals surface area contributed by atoms with Gasteiger partial charge in [0, 0.05) is 56.9 Å². The number of anilines is 3. The SMILES string of the molecule is CCOC(=O)C1CCN(c2cc(C(=O)Nc3nc(-c4cc(Cl)cs4)c(N4CCN(C5CCCCC5)CC4)s3)cnc2Cl)CC1. The zero-order chi connectivity index (χ0) is 30.6. The van der Waals surface area contributed by atoms with E-state index in [0.29, 0.717) is 65.1 Å². The lowest BCUT2D eigenvalue weighted by Crippen LogP contribution is -2.50. The van der Waals surface area contributed by atoms with Crippen LogP contribution >= 0.6 is 45.9 Å². The smallest absolute Gasteiger partial charge is 0.309 e. The number of ether oxygens (including phenoxy) is 1. The minimum Gasteiger partial charge on any atom is -0.466 e. The molecule has 0 atom stereocenters. The Bertz CT molecular complexity index is 1460. The number of nitrogens with zero attached hydrogens (tertiary/aromatic N) is 5. The Morgan fingerprint density at radius 1 is 1.00 bits per heavy atom. The molecule has 1 saturated carbocycles. The summed E-state index contributed by atoms with van der Waals surface area (Å²) in [6.07, 6.45) is 9.48. The maximum absolute atomic E-state index is 13.5. The molecule has 236 valence electrons. The van der Waals surface area contributed by atoms with Crippen LogP contribution in [0.25, 0.3) is 10.6 Å². The van der Waals surface area contributed by atoms with Crippen molar-refractivity contribution in [3.63, 3.8) is 0 Å². The van der Waals surface area contributed by atoms with Gasteiger partial charge in [-0.05, 0) is 44.7 Å². The summed E-state index contributed by atoms with van der Waals surface area (Å²) in [6.45, 7) is 7.38. The van der Waals surface area contributed by atoms with E-state index in [1.807, 2.05) is 18.4 Å². The van der Waals surface area contributed by atoms with Gasteiger partial charge in [-0.15, -0.1) is 11.3 Å². The molecule has 3 aliphatic rings. The van der Waals surface area contributed by atoms with E-state index in [4.69, 9.17) is 32.9 Å². The summed E-state index contributed by atoms with van der Waals surface area (Å²) in [5, 5.41) is 7.54. The molecule has 2 aliphatic heterocycles. The van der Waals surface area contributed by atoms with Crippen molar-refractivity contribution in [2.45, 2.75) is 57.9 Å². The summed E-state index contributed by atoms with van der Waals surface area (Å²) >= 11 is 15.8. The fourth-order valence-corrected chi connectivity index (χ4v) is 8.86. The number of carbonyl (C=O) groups excluding carboxylic acids is 2. The van der Waals surface area contributed by atoms with Crippen LogP contribution in [0.15, 0.2) is 23.7 Å². The average Bonchev–Trinajstić information content (AvgIpc) is 3.68. The van der Waals surface area contributed by atoms with Crippen LogP contribution in [0.5, 0.6) is 0 Å². The van der Waals surface area contributed by atoms with Crippen molar-refractivity contribution in [1.82, 2.24) is 14.9 Å². The number of piperazine rings is 1. The molecule has 6 rings (SSSR count). The Kier molecular flexibility index (Phi) is 10.3. The fourth-order valence-electron chi connectivity index (χ4n) is 6.48. The molecule has 1 aliphatic carbocycles. The first-order valence-electron chi connectivity index (χ1n) is 15.5. The highest BCUT2D eigenvalue weighted by Gasteiger charge is 2.30. The van der Waals surface area contributed by atoms with Crippen molar-refractivity contribution < 1.29 is 14.3 Å². The molecule has 1 amide bonds. The van der Waals surface area contributed by atoms with Gasteiger partial charge in [0.15, 0.2) is 10.3 Å². The topological polar surface area (TPSA) is 90.9 Å². The number of amides is 1. The summed E-state index contributed by atoms with van der Waals surface area (Å²) in [5.41, 5.74) is 1.94. The Labute approximate surface area is 276 Å². The minimum atomic E-state index is -0.296. The van der Waals surface area contributed by atoms with Gasteiger partial charge in [-0.1, -0.05) is 53.8 Å². The number of esters is 1. The van der Waals surface area contributed by atoms with Crippen LogP contribution < -0.4 is 15.1 Å². The number of hydrogen-bond donors (Lipinski definition) is 1. The minimum absolute atomic E-state index is 0.119. The molecule has 9 nitrogen and oxygen atoms in total. The molecule has 5 heterocycles. The Morgan fingerprint density at radius 2 is 1.75 bits per heavy atom. The van der Waals surface area contributed by atoms with Gasteiger partial charge >= 0.3 is 5.97 Å². The van der Waals surface area contributed by atoms with Crippen LogP contribution in [0.1, 0.15) is 62.2 Å². The van der Waals surface area contributed by atoms with Crippen molar-refractivity contribution in [2.24, 2.45) is 5.92 Å². The van der Waals surface area contributed by atoms with E-state index < -0.39 is 0 Å². The second-order valence-electron chi connectivity index (χ2n) is 11.6. The standard InChI is InChI=1S/C31H38Cl2N6O3S2/c1-2-42-30(41)20-8-10-38(11-9-20)24-16-21(18-34-27(24)33)28(40)36-31-35-26(25-17-22(32)19-43-25)29(44-31)39-14-12-37(13-15-39)23-6-4-3-5-7-23/h16-20,23H,2-15H2,1H3,(H,35,36,40). The third kappa shape index (κ3) is 7.17. The second kappa shape index (κ2) is 14.3. The lowest BCUT2D eigenvalue weighted by Gasteiger charge is -2.41. The van der Waals surface area contributed by atoms with E-state index in [1.54, 1.807) is 17.4 Å². The number of thiazole rings is 1. The highest BCUT2D eigenvalue weighted by Crippen LogP contribution is 2.42. The molecule has 0 aromatic carbocycles. The molecule has 0 bridgehead atoms. The van der Waals surface area contributed by atoms with Crippen LogP contribution in [0.2, 0.25) is 10.2 Å². The van der Waals surface area contributed by atoms with Gasteiger partial charge in [0.2, 0.25) is 0 Å². The molecule has 3 aromatic heterocycles. The van der Waals surface area contributed by atoms with Crippen LogP contribution in [-0.4, -0.2) is 78.7 Å². The first-order chi connectivity index (χ1) is 21.4. The summed E-state index contributed by atoms with van der Waals surface area (Å²) in [5.74, 6) is -0.566. The summed E-state index contributed by atoms with van der Waals surface area (Å²) in [7, 11) is 0. The van der Waals surface area contributed by atoms with Gasteiger partial charge < -0.3 is 14.5 Å². The molecule has 0 unspecified atom stereocenters. The van der Waals surface area contributed by atoms with E-state index in [9.17, 15) is 9.59 Å². The number of thiophene rings is 1. The normalized spacial score (nSPS) is 18.9. The van der Waals surface area contributed by atoms with Gasteiger partial charge in [0.25, 0.3) is 5.91 Å². The van der Waals surface area contributed by atoms with Gasteiger partial charge in [0.1, 0.15) is 10.7 Å². The summed E-state index contributed by atoms with van der Waals surface area (Å²) in [6, 6.07) is 4.42. The Balaban J connectivity index is 1.16. The van der Waals surface area contributed by atoms with Gasteiger partial charge in [-0.25, -0.2) is 9.97 Å². The zero-order valence-electron chi connectivity index (χ0n) is 24.9. The highest BCUT2D eigenvalue weighted by atomic mass is 35.5. The van der Waals surface area contributed by atoms with Crippen molar-refractivity contribution in [1.29, 1.82) is 0 Å². The van der Waals surface area contributed by atoms with Gasteiger partial charge in [-0.2, -0.15) is 0 Å². The lowest BCUT2D eigenvalue weighted by molar-refractivity contribution is -0.148. The van der Waals surface area contributed by atoms with E-state index in [2.05, 4.69) is 25.0 Å². The molecule has 13 heteroatoms. The zero-order valence-corrected chi connectivity index (χ0v) is 28.0. The molecule has 2 saturated heterocycles. The third-order valence-corrected chi connectivity index (χ3v) is 11.5. The maximum Gasteiger partial charge on any atom is 0.309 e. The van der Waals surface area contributed by atoms with Gasteiger partial charge in [-0.3, -0.25) is 19.8 Å². The molecule has 1 N–H and O–H groups in total. The number of carbonyl (C=O) groups is 2. The molecule has 3 aromatic rings. The number of pyridine rings is 1. The van der Waals surface area contributed by atoms with Crippen LogP contribution in [-0.2, 0) is 9.53 Å². The van der Waals surface area contributed by atoms with Crippen LogP contribution in [0.3, 0.4) is 0 Å². The number of rotatable bonds is 8. The molecule has 3 fully saturated rings. The third-order valence-electron chi connectivity index (χ3n) is 8.86. The van der Waals surface area contributed by atoms with E-state index >= 15 is 0 Å².